The molecule has 0 saturated heterocycles. The van der Waals surface area contributed by atoms with Crippen molar-refractivity contribution in [2.45, 2.75) is 26.7 Å². The van der Waals surface area contributed by atoms with Gasteiger partial charge in [0.2, 0.25) is 5.91 Å². The lowest BCUT2D eigenvalue weighted by Crippen LogP contribution is -2.14. The van der Waals surface area contributed by atoms with Crippen LogP contribution in [0.4, 0.5) is 5.69 Å². The first-order chi connectivity index (χ1) is 11.1. The lowest BCUT2D eigenvalue weighted by Gasteiger charge is -2.11. The van der Waals surface area contributed by atoms with Crippen LogP contribution in [0.1, 0.15) is 23.4 Å². The number of nitrogens with one attached hydrogen (secondary N) is 1. The highest BCUT2D eigenvalue weighted by molar-refractivity contribution is 6.33. The van der Waals surface area contributed by atoms with Crippen LogP contribution in [-0.2, 0) is 11.2 Å². The van der Waals surface area contributed by atoms with E-state index in [0.29, 0.717) is 29.3 Å². The molecular weight excluding hydrogens is 314 g/mol. The minimum Gasteiger partial charge on any atom is -0.325 e. The van der Waals surface area contributed by atoms with Crippen molar-refractivity contribution >= 4 is 29.0 Å². The zero-order chi connectivity index (χ0) is 16.4. The van der Waals surface area contributed by atoms with E-state index in [1.54, 1.807) is 16.6 Å². The first kappa shape index (κ1) is 15.4. The van der Waals surface area contributed by atoms with Gasteiger partial charge in [-0.2, -0.15) is 10.1 Å². The second kappa shape index (κ2) is 6.34. The fraction of sp³-hybridized carbons (Fsp3) is 0.250. The van der Waals surface area contributed by atoms with Crippen LogP contribution in [0.25, 0.3) is 5.78 Å². The zero-order valence-electron chi connectivity index (χ0n) is 12.9. The van der Waals surface area contributed by atoms with E-state index in [0.717, 1.165) is 17.0 Å². The summed E-state index contributed by atoms with van der Waals surface area (Å²) in [5, 5.41) is 7.50. The van der Waals surface area contributed by atoms with Gasteiger partial charge in [0.1, 0.15) is 6.33 Å². The van der Waals surface area contributed by atoms with Crippen LogP contribution < -0.4 is 5.32 Å². The van der Waals surface area contributed by atoms with E-state index >= 15 is 0 Å². The molecule has 7 heteroatoms. The smallest absolute Gasteiger partial charge is 0.252 e. The van der Waals surface area contributed by atoms with E-state index in [9.17, 15) is 4.79 Å². The Bertz CT molecular complexity index is 874. The number of amides is 1. The number of nitrogens with zero attached hydrogens (tertiary/aromatic N) is 4. The predicted molar refractivity (Wildman–Crippen MR) is 88.7 cm³/mol. The van der Waals surface area contributed by atoms with Crippen molar-refractivity contribution in [2.75, 3.05) is 5.32 Å². The number of hydrogen-bond donors (Lipinski definition) is 1. The monoisotopic (exact) mass is 329 g/mol. The summed E-state index contributed by atoms with van der Waals surface area (Å²) >= 11 is 6.05. The van der Waals surface area contributed by atoms with Crippen LogP contribution in [0, 0.1) is 13.8 Å². The molecule has 118 valence electrons. The van der Waals surface area contributed by atoms with Crippen molar-refractivity contribution in [2.24, 2.45) is 0 Å². The first-order valence-electron chi connectivity index (χ1n) is 7.26. The van der Waals surface area contributed by atoms with E-state index in [4.69, 9.17) is 11.6 Å². The number of hydrogen-bond acceptors (Lipinski definition) is 4. The SMILES string of the molecule is Cc1nc2ncnn2c(C)c1CCC(=O)Nc1ccccc1Cl. The van der Waals surface area contributed by atoms with Gasteiger partial charge in [-0.05, 0) is 38.0 Å². The van der Waals surface area contributed by atoms with Gasteiger partial charge in [-0.1, -0.05) is 23.7 Å². The Kier molecular flexibility index (Phi) is 4.25. The van der Waals surface area contributed by atoms with Gasteiger partial charge in [-0.15, -0.1) is 0 Å². The summed E-state index contributed by atoms with van der Waals surface area (Å²) in [5.41, 5.74) is 3.46. The van der Waals surface area contributed by atoms with Crippen LogP contribution in [0.3, 0.4) is 0 Å². The minimum absolute atomic E-state index is 0.0874. The summed E-state index contributed by atoms with van der Waals surface area (Å²) in [6.45, 7) is 3.88. The zero-order valence-corrected chi connectivity index (χ0v) is 13.6. The predicted octanol–water partition coefficient (Wildman–Crippen LogP) is 2.97. The van der Waals surface area contributed by atoms with Gasteiger partial charge in [-0.3, -0.25) is 4.79 Å². The Balaban J connectivity index is 1.73. The number of fused-ring (bicyclic) bond motifs is 1. The van der Waals surface area contributed by atoms with Crippen molar-refractivity contribution in [3.63, 3.8) is 0 Å². The molecular formula is C16H16ClN5O. The number of rotatable bonds is 4. The van der Waals surface area contributed by atoms with E-state index in [1.807, 2.05) is 26.0 Å². The summed E-state index contributed by atoms with van der Waals surface area (Å²) in [7, 11) is 0. The summed E-state index contributed by atoms with van der Waals surface area (Å²) in [4.78, 5) is 20.6. The average Bonchev–Trinajstić information content (AvgIpc) is 2.98. The molecule has 0 aliphatic heterocycles. The van der Waals surface area contributed by atoms with Crippen molar-refractivity contribution in [3.8, 4) is 0 Å². The summed E-state index contributed by atoms with van der Waals surface area (Å²) in [6, 6.07) is 7.18. The van der Waals surface area contributed by atoms with Crippen molar-refractivity contribution in [3.05, 3.63) is 52.6 Å². The number of carbonyl (C=O) groups is 1. The summed E-state index contributed by atoms with van der Waals surface area (Å²) in [5.74, 6) is 0.486. The molecule has 1 amide bonds. The normalized spacial score (nSPS) is 10.9. The fourth-order valence-corrected chi connectivity index (χ4v) is 2.71. The van der Waals surface area contributed by atoms with Crippen LogP contribution in [0.15, 0.2) is 30.6 Å². The van der Waals surface area contributed by atoms with E-state index in [1.165, 1.54) is 6.33 Å². The highest BCUT2D eigenvalue weighted by atomic mass is 35.5. The molecule has 0 aliphatic carbocycles. The molecule has 0 atom stereocenters. The van der Waals surface area contributed by atoms with Gasteiger partial charge < -0.3 is 5.32 Å². The van der Waals surface area contributed by atoms with Gasteiger partial charge >= 0.3 is 0 Å². The van der Waals surface area contributed by atoms with Gasteiger partial charge in [-0.25, -0.2) is 9.50 Å². The molecule has 0 saturated carbocycles. The van der Waals surface area contributed by atoms with E-state index in [2.05, 4.69) is 20.4 Å². The molecule has 1 N–H and O–H groups in total. The van der Waals surface area contributed by atoms with Crippen LogP contribution >= 0.6 is 11.6 Å². The van der Waals surface area contributed by atoms with Gasteiger partial charge in [0.05, 0.1) is 10.7 Å². The summed E-state index contributed by atoms with van der Waals surface area (Å²) in [6.07, 6.45) is 2.40. The van der Waals surface area contributed by atoms with E-state index in [-0.39, 0.29) is 5.91 Å². The number of aryl methyl sites for hydroxylation is 2. The number of para-hydroxylation sites is 1. The third-order valence-corrected chi connectivity index (χ3v) is 4.07. The second-order valence-electron chi connectivity index (χ2n) is 5.26. The molecule has 0 bridgehead atoms. The molecule has 1 aromatic carbocycles. The van der Waals surface area contributed by atoms with Gasteiger partial charge in [0, 0.05) is 17.8 Å². The van der Waals surface area contributed by atoms with Crippen molar-refractivity contribution in [1.82, 2.24) is 19.6 Å². The second-order valence-corrected chi connectivity index (χ2v) is 5.67. The maximum Gasteiger partial charge on any atom is 0.252 e. The maximum absolute atomic E-state index is 12.1. The molecule has 0 aliphatic rings. The van der Waals surface area contributed by atoms with Crippen molar-refractivity contribution in [1.29, 1.82) is 0 Å². The molecule has 0 unspecified atom stereocenters. The number of aromatic nitrogens is 4. The molecule has 0 spiro atoms. The number of halogens is 1. The molecule has 0 radical (unpaired) electrons. The molecule has 0 fully saturated rings. The Morgan fingerprint density at radius 2 is 2.09 bits per heavy atom. The van der Waals surface area contributed by atoms with Gasteiger partial charge in [0.25, 0.3) is 5.78 Å². The molecule has 2 heterocycles. The number of anilines is 1. The Hall–Kier alpha value is -2.47. The van der Waals surface area contributed by atoms with Crippen LogP contribution in [0.2, 0.25) is 5.02 Å². The number of carbonyl (C=O) groups excluding carboxylic acids is 1. The average molecular weight is 330 g/mol. The molecule has 23 heavy (non-hydrogen) atoms. The maximum atomic E-state index is 12.1. The highest BCUT2D eigenvalue weighted by Crippen LogP contribution is 2.21. The largest absolute Gasteiger partial charge is 0.325 e. The Morgan fingerprint density at radius 3 is 2.87 bits per heavy atom. The quantitative estimate of drug-likeness (QED) is 0.798. The van der Waals surface area contributed by atoms with E-state index < -0.39 is 0 Å². The number of benzene rings is 1. The standard InChI is InChI=1S/C16H16ClN5O/c1-10-12(11(2)22-16(20-10)18-9-19-22)7-8-15(23)21-14-6-4-3-5-13(14)17/h3-6,9H,7-8H2,1-2H3,(H,21,23). The lowest BCUT2D eigenvalue weighted by atomic mass is 10.1. The van der Waals surface area contributed by atoms with Gasteiger partial charge in [0.15, 0.2) is 0 Å². The minimum atomic E-state index is -0.0874. The third kappa shape index (κ3) is 3.17. The van der Waals surface area contributed by atoms with Crippen LogP contribution in [-0.4, -0.2) is 25.5 Å². The highest BCUT2D eigenvalue weighted by Gasteiger charge is 2.13. The third-order valence-electron chi connectivity index (χ3n) is 3.74. The summed E-state index contributed by atoms with van der Waals surface area (Å²) < 4.78 is 1.69. The first-order valence-corrected chi connectivity index (χ1v) is 7.64. The molecule has 3 rings (SSSR count). The topological polar surface area (TPSA) is 72.2 Å². The van der Waals surface area contributed by atoms with Crippen LogP contribution in [0.5, 0.6) is 0 Å². The lowest BCUT2D eigenvalue weighted by molar-refractivity contribution is -0.116. The fourth-order valence-electron chi connectivity index (χ4n) is 2.53. The molecule has 2 aromatic heterocycles. The molecule has 6 nitrogen and oxygen atoms in total. The molecule has 3 aromatic rings. The van der Waals surface area contributed by atoms with Crippen molar-refractivity contribution < 1.29 is 4.79 Å². The Labute approximate surface area is 138 Å². The Morgan fingerprint density at radius 1 is 1.30 bits per heavy atom.